The van der Waals surface area contributed by atoms with Crippen LogP contribution in [0.15, 0.2) is 22.7 Å². The van der Waals surface area contributed by atoms with Gasteiger partial charge in [-0.05, 0) is 18.2 Å². The van der Waals surface area contributed by atoms with E-state index in [4.69, 9.17) is 4.74 Å². The molecule has 0 fully saturated rings. The number of hydrogen-bond acceptors (Lipinski definition) is 2. The fraction of sp³-hybridized carbons (Fsp3) is 0.364. The van der Waals surface area contributed by atoms with Crippen LogP contribution in [0.3, 0.4) is 0 Å². The molecule has 0 N–H and O–H groups in total. The molecule has 1 unspecified atom stereocenters. The molecule has 1 aliphatic heterocycles. The van der Waals surface area contributed by atoms with Crippen molar-refractivity contribution in [1.29, 1.82) is 0 Å². The van der Waals surface area contributed by atoms with E-state index >= 15 is 0 Å². The lowest BCUT2D eigenvalue weighted by molar-refractivity contribution is -0.143. The van der Waals surface area contributed by atoms with Crippen molar-refractivity contribution in [2.24, 2.45) is 5.92 Å². The number of alkyl halides is 3. The molecule has 0 bridgehead atoms. The third-order valence-corrected chi connectivity index (χ3v) is 2.99. The van der Waals surface area contributed by atoms with Gasteiger partial charge < -0.3 is 4.74 Å². The molecule has 0 amide bonds. The van der Waals surface area contributed by atoms with Crippen LogP contribution >= 0.6 is 15.9 Å². The maximum Gasteiger partial charge on any atom is 0.389 e. The molecule has 1 aliphatic rings. The lowest BCUT2D eigenvalue weighted by Crippen LogP contribution is -2.31. The van der Waals surface area contributed by atoms with Crippen LogP contribution in [-0.4, -0.2) is 18.6 Å². The summed E-state index contributed by atoms with van der Waals surface area (Å²) < 4.78 is 42.6. The van der Waals surface area contributed by atoms with Crippen molar-refractivity contribution in [3.05, 3.63) is 28.2 Å². The molecule has 2 nitrogen and oxygen atoms in total. The zero-order valence-corrected chi connectivity index (χ0v) is 10.1. The summed E-state index contributed by atoms with van der Waals surface area (Å²) in [7, 11) is 0. The van der Waals surface area contributed by atoms with Crippen LogP contribution in [0, 0.1) is 5.92 Å². The Morgan fingerprint density at radius 1 is 1.41 bits per heavy atom. The number of benzene rings is 1. The van der Waals surface area contributed by atoms with Gasteiger partial charge in [0.2, 0.25) is 0 Å². The zero-order chi connectivity index (χ0) is 12.6. The minimum atomic E-state index is -4.35. The van der Waals surface area contributed by atoms with Crippen molar-refractivity contribution in [3.8, 4) is 5.75 Å². The fourth-order valence-corrected chi connectivity index (χ4v) is 2.10. The summed E-state index contributed by atoms with van der Waals surface area (Å²) in [5, 5.41) is 0. The summed E-state index contributed by atoms with van der Waals surface area (Å²) in [5.74, 6) is -1.31. The van der Waals surface area contributed by atoms with E-state index in [9.17, 15) is 18.0 Å². The van der Waals surface area contributed by atoms with Gasteiger partial charge in [0, 0.05) is 4.47 Å². The van der Waals surface area contributed by atoms with E-state index in [1.807, 2.05) is 0 Å². The molecule has 1 heterocycles. The average molecular weight is 309 g/mol. The maximum atomic E-state index is 12.3. The Kier molecular flexibility index (Phi) is 3.16. The maximum absolute atomic E-state index is 12.3. The Morgan fingerprint density at radius 3 is 2.76 bits per heavy atom. The Bertz CT molecular complexity index is 457. The molecule has 0 saturated carbocycles. The highest BCUT2D eigenvalue weighted by Gasteiger charge is 2.38. The van der Waals surface area contributed by atoms with Gasteiger partial charge in [-0.2, -0.15) is 13.2 Å². The van der Waals surface area contributed by atoms with Gasteiger partial charge >= 0.3 is 6.18 Å². The summed E-state index contributed by atoms with van der Waals surface area (Å²) in [6, 6.07) is 4.73. The second-order valence-corrected chi connectivity index (χ2v) is 4.75. The fourth-order valence-electron chi connectivity index (χ4n) is 1.74. The lowest BCUT2D eigenvalue weighted by atomic mass is 9.92. The highest BCUT2D eigenvalue weighted by molar-refractivity contribution is 9.10. The normalized spacial score (nSPS) is 19.8. The number of ketones is 1. The topological polar surface area (TPSA) is 26.3 Å². The van der Waals surface area contributed by atoms with Gasteiger partial charge in [-0.15, -0.1) is 0 Å². The minimum Gasteiger partial charge on any atom is -0.492 e. The quantitative estimate of drug-likeness (QED) is 0.792. The van der Waals surface area contributed by atoms with Crippen LogP contribution in [0.4, 0.5) is 13.2 Å². The van der Waals surface area contributed by atoms with Crippen LogP contribution in [0.2, 0.25) is 0 Å². The van der Waals surface area contributed by atoms with Gasteiger partial charge in [0.05, 0.1) is 24.5 Å². The first-order valence-corrected chi connectivity index (χ1v) is 5.69. The first-order valence-electron chi connectivity index (χ1n) is 4.90. The number of rotatable bonds is 1. The van der Waals surface area contributed by atoms with Crippen LogP contribution in [0.5, 0.6) is 5.75 Å². The molecule has 1 aromatic rings. The molecule has 0 saturated heterocycles. The summed E-state index contributed by atoms with van der Waals surface area (Å²) in [6.07, 6.45) is -5.50. The molecule has 1 aromatic carbocycles. The number of hydrogen-bond donors (Lipinski definition) is 0. The van der Waals surface area contributed by atoms with Gasteiger partial charge in [-0.3, -0.25) is 4.79 Å². The van der Waals surface area contributed by atoms with Crippen molar-refractivity contribution >= 4 is 21.7 Å². The Hall–Kier alpha value is -1.04. The number of carbonyl (C=O) groups excluding carboxylic acids is 1. The SMILES string of the molecule is O=C1c2cc(Br)ccc2OCC1CC(F)(F)F. The van der Waals surface area contributed by atoms with Crippen LogP contribution in [0.1, 0.15) is 16.8 Å². The third kappa shape index (κ3) is 2.80. The second kappa shape index (κ2) is 4.33. The minimum absolute atomic E-state index is 0.208. The number of Topliss-reactive ketones (excluding diaryl/α,β-unsaturated/α-hetero) is 1. The van der Waals surface area contributed by atoms with E-state index < -0.39 is 24.3 Å². The molecule has 0 aromatic heterocycles. The van der Waals surface area contributed by atoms with Gasteiger partial charge in [0.15, 0.2) is 5.78 Å². The van der Waals surface area contributed by atoms with Crippen LogP contribution in [-0.2, 0) is 0 Å². The third-order valence-electron chi connectivity index (χ3n) is 2.50. The predicted octanol–water partition coefficient (Wildman–Crippen LogP) is 3.59. The number of halogens is 4. The second-order valence-electron chi connectivity index (χ2n) is 3.83. The molecule has 2 rings (SSSR count). The molecule has 92 valence electrons. The van der Waals surface area contributed by atoms with Crippen molar-refractivity contribution < 1.29 is 22.7 Å². The molecule has 17 heavy (non-hydrogen) atoms. The summed E-state index contributed by atoms with van der Waals surface area (Å²) >= 11 is 3.17. The first kappa shape index (κ1) is 12.4. The van der Waals surface area contributed by atoms with E-state index in [-0.39, 0.29) is 12.2 Å². The lowest BCUT2D eigenvalue weighted by Gasteiger charge is -2.24. The van der Waals surface area contributed by atoms with Crippen LogP contribution in [0.25, 0.3) is 0 Å². The summed E-state index contributed by atoms with van der Waals surface area (Å²) in [4.78, 5) is 11.8. The molecular formula is C11H8BrF3O2. The molecular weight excluding hydrogens is 301 g/mol. The smallest absolute Gasteiger partial charge is 0.389 e. The number of carbonyl (C=O) groups is 1. The van der Waals surface area contributed by atoms with Crippen molar-refractivity contribution in [3.63, 3.8) is 0 Å². The molecule has 6 heteroatoms. The Labute approximate surface area is 104 Å². The molecule has 0 aliphatic carbocycles. The van der Waals surface area contributed by atoms with Crippen molar-refractivity contribution in [2.45, 2.75) is 12.6 Å². The average Bonchev–Trinajstić information content (AvgIpc) is 2.21. The molecule has 1 atom stereocenters. The summed E-state index contributed by atoms with van der Waals surface area (Å²) in [6.45, 7) is -0.215. The zero-order valence-electron chi connectivity index (χ0n) is 8.55. The highest BCUT2D eigenvalue weighted by atomic mass is 79.9. The van der Waals surface area contributed by atoms with E-state index in [1.165, 1.54) is 6.07 Å². The Balaban J connectivity index is 2.26. The summed E-state index contributed by atoms with van der Waals surface area (Å²) in [5.41, 5.74) is 0.208. The van der Waals surface area contributed by atoms with E-state index in [2.05, 4.69) is 15.9 Å². The predicted molar refractivity (Wildman–Crippen MR) is 58.1 cm³/mol. The Morgan fingerprint density at radius 2 is 2.12 bits per heavy atom. The standard InChI is InChI=1S/C11H8BrF3O2/c12-7-1-2-9-8(3-7)10(16)6(5-17-9)4-11(13,14)15/h1-3,6H,4-5H2. The van der Waals surface area contributed by atoms with Gasteiger partial charge in [0.1, 0.15) is 5.75 Å². The monoisotopic (exact) mass is 308 g/mol. The largest absolute Gasteiger partial charge is 0.492 e. The van der Waals surface area contributed by atoms with Crippen molar-refractivity contribution in [1.82, 2.24) is 0 Å². The number of fused-ring (bicyclic) bond motifs is 1. The van der Waals surface area contributed by atoms with E-state index in [0.717, 1.165) is 0 Å². The van der Waals surface area contributed by atoms with E-state index in [0.29, 0.717) is 10.2 Å². The number of ether oxygens (including phenoxy) is 1. The van der Waals surface area contributed by atoms with Crippen molar-refractivity contribution in [2.75, 3.05) is 6.61 Å². The molecule has 0 radical (unpaired) electrons. The van der Waals surface area contributed by atoms with Gasteiger partial charge in [-0.1, -0.05) is 15.9 Å². The van der Waals surface area contributed by atoms with E-state index in [1.54, 1.807) is 12.1 Å². The molecule has 0 spiro atoms. The van der Waals surface area contributed by atoms with Gasteiger partial charge in [-0.25, -0.2) is 0 Å². The highest BCUT2D eigenvalue weighted by Crippen LogP contribution is 2.34. The first-order chi connectivity index (χ1) is 7.87. The van der Waals surface area contributed by atoms with Crippen LogP contribution < -0.4 is 4.74 Å². The van der Waals surface area contributed by atoms with Gasteiger partial charge in [0.25, 0.3) is 0 Å².